The van der Waals surface area contributed by atoms with Gasteiger partial charge in [0.2, 0.25) is 5.95 Å². The van der Waals surface area contributed by atoms with Crippen molar-refractivity contribution in [3.05, 3.63) is 71.5 Å². The lowest BCUT2D eigenvalue weighted by atomic mass is 9.80. The summed E-state index contributed by atoms with van der Waals surface area (Å²) in [6.45, 7) is 10.5. The maximum atomic E-state index is 13.2. The monoisotopic (exact) mass is 744 g/mol. The average Bonchev–Trinajstić information content (AvgIpc) is 3.08. The number of benzene rings is 2. The highest BCUT2D eigenvalue weighted by molar-refractivity contribution is 6.58. The number of hydrogen-bond acceptors (Lipinski definition) is 15. The molecular formula is C36H45BN8O9. The SMILES string of the molecule is CN(Cc1cnc2nc(N)nc(NC(=O)OCc3ccc(B(O)O)cc3)c2n1)c1ccc(C(=O)N[C@@H](CCC(=O)OC(C)(C)C)C(=O)OC(C)(C)C)cc1. The number of aromatic nitrogens is 4. The van der Waals surface area contributed by atoms with Crippen molar-refractivity contribution >= 4 is 65.1 Å². The third kappa shape index (κ3) is 12.4. The van der Waals surface area contributed by atoms with Crippen molar-refractivity contribution in [1.82, 2.24) is 25.3 Å². The molecule has 1 atom stereocenters. The molecule has 286 valence electrons. The van der Waals surface area contributed by atoms with Crippen LogP contribution in [0.25, 0.3) is 11.2 Å². The number of nitrogens with one attached hydrogen (secondary N) is 2. The molecule has 54 heavy (non-hydrogen) atoms. The Bertz CT molecular complexity index is 1960. The third-order valence-corrected chi connectivity index (χ3v) is 7.37. The summed E-state index contributed by atoms with van der Waals surface area (Å²) in [7, 11) is 0.196. The zero-order valence-electron chi connectivity index (χ0n) is 31.2. The lowest BCUT2D eigenvalue weighted by Crippen LogP contribution is -2.44. The highest BCUT2D eigenvalue weighted by Crippen LogP contribution is 2.21. The lowest BCUT2D eigenvalue weighted by molar-refractivity contribution is -0.158. The second-order valence-corrected chi connectivity index (χ2v) is 14.4. The van der Waals surface area contributed by atoms with Gasteiger partial charge in [-0.1, -0.05) is 24.3 Å². The Kier molecular flexibility index (Phi) is 13.1. The zero-order valence-corrected chi connectivity index (χ0v) is 31.2. The Morgan fingerprint density at radius 2 is 1.56 bits per heavy atom. The fraction of sp³-hybridized carbons (Fsp3) is 0.389. The van der Waals surface area contributed by atoms with E-state index >= 15 is 0 Å². The summed E-state index contributed by atoms with van der Waals surface area (Å²) < 4.78 is 16.1. The molecule has 17 nitrogen and oxygen atoms in total. The van der Waals surface area contributed by atoms with E-state index in [1.807, 2.05) is 4.90 Å². The van der Waals surface area contributed by atoms with Gasteiger partial charge in [0.1, 0.15) is 23.9 Å². The Morgan fingerprint density at radius 3 is 2.17 bits per heavy atom. The van der Waals surface area contributed by atoms with Crippen LogP contribution in [0.5, 0.6) is 0 Å². The van der Waals surface area contributed by atoms with Crippen molar-refractivity contribution in [2.75, 3.05) is 23.0 Å². The van der Waals surface area contributed by atoms with Crippen LogP contribution in [-0.4, -0.2) is 85.3 Å². The number of carbonyl (C=O) groups is 4. The number of anilines is 3. The number of nitrogen functional groups attached to an aromatic ring is 1. The van der Waals surface area contributed by atoms with Crippen molar-refractivity contribution in [1.29, 1.82) is 0 Å². The van der Waals surface area contributed by atoms with E-state index in [0.29, 0.717) is 16.7 Å². The van der Waals surface area contributed by atoms with E-state index < -0.39 is 48.3 Å². The van der Waals surface area contributed by atoms with Crippen LogP contribution in [0.15, 0.2) is 54.7 Å². The molecule has 2 aromatic carbocycles. The summed E-state index contributed by atoms with van der Waals surface area (Å²) in [6.07, 6.45) is 0.566. The van der Waals surface area contributed by atoms with Crippen LogP contribution in [0.3, 0.4) is 0 Å². The quantitative estimate of drug-likeness (QED) is 0.0751. The molecule has 0 fully saturated rings. The first-order chi connectivity index (χ1) is 25.3. The van der Waals surface area contributed by atoms with Crippen molar-refractivity contribution in [3.8, 4) is 0 Å². The highest BCUT2D eigenvalue weighted by Gasteiger charge is 2.29. The topological polar surface area (TPSA) is 241 Å². The first-order valence-corrected chi connectivity index (χ1v) is 17.0. The number of nitrogens with zero attached hydrogens (tertiary/aromatic N) is 5. The maximum Gasteiger partial charge on any atom is 0.488 e. The lowest BCUT2D eigenvalue weighted by Gasteiger charge is -2.25. The summed E-state index contributed by atoms with van der Waals surface area (Å²) in [5.41, 5.74) is 7.07. The number of carbonyl (C=O) groups excluding carboxylic acids is 4. The molecule has 2 amide bonds. The molecule has 4 rings (SSSR count). The van der Waals surface area contributed by atoms with Crippen LogP contribution < -0.4 is 26.7 Å². The number of fused-ring (bicyclic) bond motifs is 1. The van der Waals surface area contributed by atoms with Gasteiger partial charge in [-0.25, -0.2) is 19.6 Å². The van der Waals surface area contributed by atoms with Gasteiger partial charge in [-0.3, -0.25) is 14.9 Å². The molecule has 0 aliphatic rings. The van der Waals surface area contributed by atoms with Crippen LogP contribution >= 0.6 is 0 Å². The van der Waals surface area contributed by atoms with Gasteiger partial charge in [-0.05, 0) is 83.3 Å². The minimum Gasteiger partial charge on any atom is -0.460 e. The molecule has 0 spiro atoms. The van der Waals surface area contributed by atoms with Gasteiger partial charge >= 0.3 is 25.2 Å². The minimum absolute atomic E-state index is 0.00776. The fourth-order valence-corrected chi connectivity index (χ4v) is 4.91. The van der Waals surface area contributed by atoms with E-state index in [1.165, 1.54) is 18.3 Å². The van der Waals surface area contributed by atoms with E-state index in [2.05, 4.69) is 30.6 Å². The first-order valence-electron chi connectivity index (χ1n) is 17.0. The van der Waals surface area contributed by atoms with Crippen LogP contribution in [0.4, 0.5) is 22.2 Å². The van der Waals surface area contributed by atoms with Gasteiger partial charge in [0.05, 0.1) is 18.4 Å². The normalized spacial score (nSPS) is 12.0. The van der Waals surface area contributed by atoms with Crippen molar-refractivity contribution in [2.45, 2.75) is 84.8 Å². The van der Waals surface area contributed by atoms with Crippen LogP contribution in [0.2, 0.25) is 0 Å². The largest absolute Gasteiger partial charge is 0.488 e. The molecule has 2 heterocycles. The van der Waals surface area contributed by atoms with E-state index in [9.17, 15) is 29.2 Å². The molecule has 0 unspecified atom stereocenters. The van der Waals surface area contributed by atoms with E-state index in [1.54, 1.807) is 85.0 Å². The van der Waals surface area contributed by atoms with E-state index in [4.69, 9.17) is 19.9 Å². The molecule has 4 aromatic rings. The summed E-state index contributed by atoms with van der Waals surface area (Å²) in [4.78, 5) is 70.2. The van der Waals surface area contributed by atoms with E-state index in [-0.39, 0.29) is 54.5 Å². The number of hydrogen-bond donors (Lipinski definition) is 5. The van der Waals surface area contributed by atoms with E-state index in [0.717, 1.165) is 5.69 Å². The maximum absolute atomic E-state index is 13.2. The Hall–Kier alpha value is -5.88. The number of nitrogens with two attached hydrogens (primary N) is 1. The van der Waals surface area contributed by atoms with Crippen molar-refractivity contribution < 1.29 is 43.4 Å². The fourth-order valence-electron chi connectivity index (χ4n) is 4.91. The van der Waals surface area contributed by atoms with Gasteiger partial charge in [-0.15, -0.1) is 0 Å². The first kappa shape index (κ1) is 40.9. The molecule has 2 aromatic heterocycles. The van der Waals surface area contributed by atoms with Crippen LogP contribution in [0, 0.1) is 0 Å². The Balaban J connectivity index is 1.41. The second-order valence-electron chi connectivity index (χ2n) is 14.4. The minimum atomic E-state index is -1.61. The number of ether oxygens (including phenoxy) is 3. The molecular weight excluding hydrogens is 699 g/mol. The predicted molar refractivity (Wildman–Crippen MR) is 200 cm³/mol. The second kappa shape index (κ2) is 17.3. The number of rotatable bonds is 13. The average molecular weight is 745 g/mol. The Morgan fingerprint density at radius 1 is 0.907 bits per heavy atom. The van der Waals surface area contributed by atoms with Crippen molar-refractivity contribution in [3.63, 3.8) is 0 Å². The number of esters is 2. The molecule has 18 heteroatoms. The third-order valence-electron chi connectivity index (χ3n) is 7.37. The van der Waals surface area contributed by atoms with Gasteiger partial charge in [0.15, 0.2) is 17.0 Å². The summed E-state index contributed by atoms with van der Waals surface area (Å²) in [5, 5.41) is 23.7. The summed E-state index contributed by atoms with van der Waals surface area (Å²) >= 11 is 0. The molecule has 0 saturated heterocycles. The van der Waals surface area contributed by atoms with Gasteiger partial charge in [-0.2, -0.15) is 9.97 Å². The molecule has 0 radical (unpaired) electrons. The summed E-state index contributed by atoms with van der Waals surface area (Å²) in [5.74, 6) is -1.84. The van der Waals surface area contributed by atoms with Gasteiger partial charge in [0, 0.05) is 24.7 Å². The van der Waals surface area contributed by atoms with Crippen molar-refractivity contribution in [2.24, 2.45) is 0 Å². The van der Waals surface area contributed by atoms with Crippen LogP contribution in [0.1, 0.15) is 76.0 Å². The molecule has 6 N–H and O–H groups in total. The Labute approximate surface area is 312 Å². The predicted octanol–water partition coefficient (Wildman–Crippen LogP) is 2.63. The van der Waals surface area contributed by atoms with Gasteiger partial charge in [0.25, 0.3) is 5.91 Å². The smallest absolute Gasteiger partial charge is 0.460 e. The molecule has 0 bridgehead atoms. The standard InChI is InChI=1S/C36H45BN8O9/c1-35(2,3)53-27(46)17-16-26(32(48)54-36(4,5)6)41-31(47)22-10-14-25(15-11-22)45(7)19-24-18-39-29-28(40-24)30(43-33(38)42-29)44-34(49)52-20-21-8-12-23(13-9-21)37(50)51/h8-15,18,26,50-51H,16-17,19-20H2,1-7H3,(H,41,47)(H3,38,39,42,43,44,49)/t26-/m0/s1. The zero-order chi connectivity index (χ0) is 39.8. The molecule has 0 saturated carbocycles. The highest BCUT2D eigenvalue weighted by atomic mass is 16.6. The van der Waals surface area contributed by atoms with Crippen LogP contribution in [-0.2, 0) is 37.0 Å². The van der Waals surface area contributed by atoms with Gasteiger partial charge < -0.3 is 40.2 Å². The molecule has 0 aliphatic heterocycles. The molecule has 0 aliphatic carbocycles. The number of amides is 2. The summed E-state index contributed by atoms with van der Waals surface area (Å²) in [6, 6.07) is 11.7.